The summed E-state index contributed by atoms with van der Waals surface area (Å²) in [6, 6.07) is 67.9. The van der Waals surface area contributed by atoms with Gasteiger partial charge in [0.1, 0.15) is 11.2 Å². The van der Waals surface area contributed by atoms with Crippen LogP contribution in [0.4, 0.5) is 0 Å². The zero-order valence-corrected chi connectivity index (χ0v) is 31.2. The molecule has 5 heteroatoms. The Kier molecular flexibility index (Phi) is 7.16. The molecule has 5 nitrogen and oxygen atoms in total. The molecular formula is C53H32N4O. The molecule has 0 aliphatic carbocycles. The normalized spacial score (nSPS) is 11.8. The number of furan rings is 1. The SMILES string of the molecule is c1ccc(-c2nc(-c3ccccc3)nc(-c3ccc4c(c3)oc3c(-c5ccccc5)ccc(-n5c6ccc7ccccc7c6c6c7ccccc7ccc65)c34)n2)cc1. The summed E-state index contributed by atoms with van der Waals surface area (Å²) in [5.74, 6) is 1.82. The summed E-state index contributed by atoms with van der Waals surface area (Å²) in [5.41, 5.74) is 9.78. The highest BCUT2D eigenvalue weighted by Crippen LogP contribution is 2.45. The zero-order valence-electron chi connectivity index (χ0n) is 31.2. The Bertz CT molecular complexity index is 3400. The maximum atomic E-state index is 7.05. The van der Waals surface area contributed by atoms with Crippen LogP contribution in [-0.4, -0.2) is 19.5 Å². The van der Waals surface area contributed by atoms with Crippen LogP contribution >= 0.6 is 0 Å². The summed E-state index contributed by atoms with van der Waals surface area (Å²) in [6.45, 7) is 0. The van der Waals surface area contributed by atoms with Crippen molar-refractivity contribution in [2.75, 3.05) is 0 Å². The number of fused-ring (bicyclic) bond motifs is 10. The van der Waals surface area contributed by atoms with Crippen LogP contribution in [0.2, 0.25) is 0 Å². The molecule has 0 saturated heterocycles. The van der Waals surface area contributed by atoms with Crippen molar-refractivity contribution < 1.29 is 4.42 Å². The van der Waals surface area contributed by atoms with Crippen LogP contribution in [-0.2, 0) is 0 Å². The number of nitrogens with zero attached hydrogens (tertiary/aromatic N) is 4. The lowest BCUT2D eigenvalue weighted by molar-refractivity contribution is 0.670. The van der Waals surface area contributed by atoms with Crippen molar-refractivity contribution in [2.24, 2.45) is 0 Å². The van der Waals surface area contributed by atoms with Crippen LogP contribution in [0.1, 0.15) is 0 Å². The second-order valence-corrected chi connectivity index (χ2v) is 14.8. The molecule has 3 heterocycles. The number of hydrogen-bond donors (Lipinski definition) is 0. The minimum atomic E-state index is 0.583. The van der Waals surface area contributed by atoms with Gasteiger partial charge in [0.05, 0.1) is 22.1 Å². The van der Waals surface area contributed by atoms with Gasteiger partial charge in [-0.05, 0) is 63.5 Å². The second kappa shape index (κ2) is 12.8. The first-order chi connectivity index (χ1) is 28.8. The van der Waals surface area contributed by atoms with Gasteiger partial charge in [-0.2, -0.15) is 0 Å². The maximum absolute atomic E-state index is 7.05. The van der Waals surface area contributed by atoms with Crippen molar-refractivity contribution in [1.29, 1.82) is 0 Å². The van der Waals surface area contributed by atoms with Gasteiger partial charge in [0.15, 0.2) is 17.5 Å². The predicted molar refractivity (Wildman–Crippen MR) is 238 cm³/mol. The van der Waals surface area contributed by atoms with Gasteiger partial charge in [0.2, 0.25) is 0 Å². The Balaban J connectivity index is 1.15. The average molecular weight is 741 g/mol. The minimum absolute atomic E-state index is 0.583. The highest BCUT2D eigenvalue weighted by Gasteiger charge is 2.23. The lowest BCUT2D eigenvalue weighted by atomic mass is 10.00. The summed E-state index contributed by atoms with van der Waals surface area (Å²) < 4.78 is 9.49. The first kappa shape index (κ1) is 32.4. The van der Waals surface area contributed by atoms with E-state index in [0.29, 0.717) is 17.5 Å². The maximum Gasteiger partial charge on any atom is 0.164 e. The predicted octanol–water partition coefficient (Wildman–Crippen LogP) is 13.8. The van der Waals surface area contributed by atoms with E-state index in [1.165, 1.54) is 32.3 Å². The largest absolute Gasteiger partial charge is 0.455 e. The van der Waals surface area contributed by atoms with Crippen molar-refractivity contribution in [1.82, 2.24) is 19.5 Å². The lowest BCUT2D eigenvalue weighted by Gasteiger charge is -2.12. The minimum Gasteiger partial charge on any atom is -0.455 e. The van der Waals surface area contributed by atoms with Gasteiger partial charge in [0, 0.05) is 38.4 Å². The molecule has 0 N–H and O–H groups in total. The topological polar surface area (TPSA) is 56.7 Å². The fraction of sp³-hybridized carbons (Fsp3) is 0. The molecule has 9 aromatic carbocycles. The van der Waals surface area contributed by atoms with Gasteiger partial charge in [-0.15, -0.1) is 0 Å². The molecule has 0 aliphatic rings. The van der Waals surface area contributed by atoms with E-state index in [0.717, 1.165) is 66.5 Å². The average Bonchev–Trinajstić information content (AvgIpc) is 3.86. The number of rotatable bonds is 5. The molecule has 12 aromatic rings. The highest BCUT2D eigenvalue weighted by molar-refractivity contribution is 6.29. The zero-order chi connectivity index (χ0) is 38.2. The van der Waals surface area contributed by atoms with Crippen LogP contribution in [0.25, 0.3) is 116 Å². The molecule has 0 saturated carbocycles. The summed E-state index contributed by atoms with van der Waals surface area (Å²) in [5, 5.41) is 9.48. The van der Waals surface area contributed by atoms with Gasteiger partial charge in [0.25, 0.3) is 0 Å². The van der Waals surface area contributed by atoms with E-state index in [1.54, 1.807) is 0 Å². The van der Waals surface area contributed by atoms with E-state index < -0.39 is 0 Å². The van der Waals surface area contributed by atoms with Gasteiger partial charge in [-0.25, -0.2) is 15.0 Å². The number of hydrogen-bond acceptors (Lipinski definition) is 4. The number of benzene rings is 9. The monoisotopic (exact) mass is 740 g/mol. The van der Waals surface area contributed by atoms with Crippen molar-refractivity contribution in [3.63, 3.8) is 0 Å². The Morgan fingerprint density at radius 3 is 1.43 bits per heavy atom. The van der Waals surface area contributed by atoms with E-state index in [-0.39, 0.29) is 0 Å². The van der Waals surface area contributed by atoms with E-state index >= 15 is 0 Å². The first-order valence-corrected chi connectivity index (χ1v) is 19.5. The molecule has 0 fully saturated rings. The third-order valence-corrected chi connectivity index (χ3v) is 11.4. The summed E-state index contributed by atoms with van der Waals surface area (Å²) in [7, 11) is 0. The molecule has 0 spiro atoms. The fourth-order valence-electron chi connectivity index (χ4n) is 8.78. The van der Waals surface area contributed by atoms with Crippen molar-refractivity contribution in [2.45, 2.75) is 0 Å². The summed E-state index contributed by atoms with van der Waals surface area (Å²) >= 11 is 0. The molecule has 3 aromatic heterocycles. The molecule has 0 aliphatic heterocycles. The Morgan fingerprint density at radius 1 is 0.362 bits per heavy atom. The molecule has 0 amide bonds. The van der Waals surface area contributed by atoms with Crippen molar-refractivity contribution >= 4 is 65.3 Å². The Hall–Kier alpha value is -7.89. The van der Waals surface area contributed by atoms with Gasteiger partial charge in [-0.3, -0.25) is 0 Å². The molecule has 0 unspecified atom stereocenters. The summed E-state index contributed by atoms with van der Waals surface area (Å²) in [4.78, 5) is 15.0. The van der Waals surface area contributed by atoms with Crippen LogP contribution in [0.3, 0.4) is 0 Å². The van der Waals surface area contributed by atoms with Crippen molar-refractivity contribution in [3.8, 4) is 51.0 Å². The Labute approximate surface area is 333 Å². The Morgan fingerprint density at radius 2 is 0.862 bits per heavy atom. The van der Waals surface area contributed by atoms with E-state index in [1.807, 2.05) is 60.7 Å². The molecule has 0 radical (unpaired) electrons. The first-order valence-electron chi connectivity index (χ1n) is 19.5. The van der Waals surface area contributed by atoms with Crippen LogP contribution in [0, 0.1) is 0 Å². The third-order valence-electron chi connectivity index (χ3n) is 11.4. The second-order valence-electron chi connectivity index (χ2n) is 14.8. The molecule has 58 heavy (non-hydrogen) atoms. The molecule has 0 atom stereocenters. The van der Waals surface area contributed by atoms with Gasteiger partial charge in [-0.1, -0.05) is 158 Å². The van der Waals surface area contributed by atoms with Crippen molar-refractivity contribution in [3.05, 3.63) is 194 Å². The molecule has 270 valence electrons. The van der Waals surface area contributed by atoms with Crippen LogP contribution < -0.4 is 0 Å². The fourth-order valence-corrected chi connectivity index (χ4v) is 8.78. The van der Waals surface area contributed by atoms with E-state index in [4.69, 9.17) is 19.4 Å². The molecular weight excluding hydrogens is 709 g/mol. The lowest BCUT2D eigenvalue weighted by Crippen LogP contribution is -2.00. The molecule has 0 bridgehead atoms. The van der Waals surface area contributed by atoms with Gasteiger partial charge < -0.3 is 8.98 Å². The molecule has 12 rings (SSSR count). The third kappa shape index (κ3) is 5.00. The van der Waals surface area contributed by atoms with E-state index in [2.05, 4.69) is 138 Å². The number of aromatic nitrogens is 4. The van der Waals surface area contributed by atoms with Crippen LogP contribution in [0.5, 0.6) is 0 Å². The smallest absolute Gasteiger partial charge is 0.164 e. The van der Waals surface area contributed by atoms with Crippen LogP contribution in [0.15, 0.2) is 199 Å². The van der Waals surface area contributed by atoms with E-state index in [9.17, 15) is 0 Å². The quantitative estimate of drug-likeness (QED) is 0.176. The summed E-state index contributed by atoms with van der Waals surface area (Å²) in [6.07, 6.45) is 0. The van der Waals surface area contributed by atoms with Gasteiger partial charge >= 0.3 is 0 Å². The highest BCUT2D eigenvalue weighted by atomic mass is 16.3. The standard InChI is InChI=1S/C53H32N4O/c1-4-14-33(15-5-1)41-28-31-45(57-43-29-25-34-16-10-12-22-39(34)47(43)48-40-23-13-11-17-35(40)26-30-44(48)57)49-42-27-24-38(32-46(42)58-50(41)49)53-55-51(36-18-6-2-7-19-36)54-52(56-53)37-20-8-3-9-21-37/h1-32H.